The smallest absolute Gasteiger partial charge is 0.265 e. The van der Waals surface area contributed by atoms with Crippen LogP contribution in [0.4, 0.5) is 0 Å². The number of likely N-dealkylation sites (N-methyl/N-ethyl adjacent to an activating group) is 1. The molecule has 120 valence electrons. The number of nitrogens with zero attached hydrogens (tertiary/aromatic N) is 1. The van der Waals surface area contributed by atoms with E-state index >= 15 is 0 Å². The maximum atomic E-state index is 11.2. The van der Waals surface area contributed by atoms with Gasteiger partial charge in [-0.2, -0.15) is 0 Å². The van der Waals surface area contributed by atoms with Gasteiger partial charge < -0.3 is 18.8 Å². The Labute approximate surface area is 123 Å². The second kappa shape index (κ2) is 6.89. The van der Waals surface area contributed by atoms with Crippen molar-refractivity contribution in [2.45, 2.75) is 45.6 Å². The lowest BCUT2D eigenvalue weighted by Crippen LogP contribution is -2.48. The first-order valence-corrected chi connectivity index (χ1v) is 9.02. The van der Waals surface area contributed by atoms with Crippen molar-refractivity contribution in [2.75, 3.05) is 27.7 Å². The van der Waals surface area contributed by atoms with Crippen LogP contribution in [0.25, 0.3) is 0 Å². The quantitative estimate of drug-likeness (QED) is 0.602. The average Bonchev–Trinajstić information content (AvgIpc) is 2.24. The molecule has 0 spiro atoms. The summed E-state index contributed by atoms with van der Waals surface area (Å²) in [6.07, 6.45) is 3.97. The third-order valence-corrected chi connectivity index (χ3v) is 4.74. The molecular weight excluding hydrogens is 277 g/mol. The van der Waals surface area contributed by atoms with Crippen molar-refractivity contribution < 1.29 is 23.4 Å². The fourth-order valence-corrected chi connectivity index (χ4v) is 4.00. The molecule has 0 heterocycles. The molecule has 1 aliphatic rings. The second-order valence-electron chi connectivity index (χ2n) is 7.44. The van der Waals surface area contributed by atoms with Crippen molar-refractivity contribution in [3.05, 3.63) is 0 Å². The van der Waals surface area contributed by atoms with Crippen LogP contribution in [0.2, 0.25) is 0 Å². The van der Waals surface area contributed by atoms with E-state index in [4.69, 9.17) is 9.42 Å². The third kappa shape index (κ3) is 6.23. The first-order chi connectivity index (χ1) is 8.99. The Morgan fingerprint density at radius 3 is 2.15 bits per heavy atom. The van der Waals surface area contributed by atoms with Crippen LogP contribution in [0.1, 0.15) is 39.5 Å². The number of hydrogen-bond donors (Lipinski definition) is 1. The van der Waals surface area contributed by atoms with Crippen molar-refractivity contribution in [3.63, 3.8) is 0 Å². The van der Waals surface area contributed by atoms with E-state index in [-0.39, 0.29) is 5.92 Å². The summed E-state index contributed by atoms with van der Waals surface area (Å²) < 4.78 is 16.9. The normalized spacial score (nSPS) is 29.2. The Bertz CT molecular complexity index is 348. The van der Waals surface area contributed by atoms with E-state index < -0.39 is 13.9 Å². The van der Waals surface area contributed by atoms with Gasteiger partial charge in [0, 0.05) is 0 Å². The molecule has 4 unspecified atom stereocenters. The molecular formula is C14H30NO4P. The van der Waals surface area contributed by atoms with Gasteiger partial charge in [-0.3, -0.25) is 4.57 Å². The minimum Gasteiger partial charge on any atom is -0.756 e. The van der Waals surface area contributed by atoms with Gasteiger partial charge in [0.25, 0.3) is 7.82 Å². The number of hydrogen-bond acceptors (Lipinski definition) is 3. The zero-order chi connectivity index (χ0) is 15.6. The molecule has 1 saturated carbocycles. The zero-order valence-electron chi connectivity index (χ0n) is 13.4. The topological polar surface area (TPSA) is 69.6 Å². The Morgan fingerprint density at radius 2 is 1.75 bits per heavy atom. The van der Waals surface area contributed by atoms with Crippen LogP contribution >= 0.6 is 7.82 Å². The molecule has 20 heavy (non-hydrogen) atoms. The lowest BCUT2D eigenvalue weighted by Gasteiger charge is -2.42. The van der Waals surface area contributed by atoms with Gasteiger partial charge in [-0.05, 0) is 30.6 Å². The third-order valence-electron chi connectivity index (χ3n) is 4.20. The minimum atomic E-state index is -4.69. The number of quaternary nitrogens is 1. The predicted octanol–water partition coefficient (Wildman–Crippen LogP) is 2.00. The Hall–Kier alpha value is 0.0700. The van der Waals surface area contributed by atoms with Gasteiger partial charge in [-0.1, -0.05) is 26.7 Å². The highest BCUT2D eigenvalue weighted by atomic mass is 31.2. The molecule has 0 aromatic heterocycles. The van der Waals surface area contributed by atoms with E-state index in [1.54, 1.807) is 0 Å². The second-order valence-corrected chi connectivity index (χ2v) is 8.59. The molecule has 1 fully saturated rings. The Balaban J connectivity index is 2.91. The first kappa shape index (κ1) is 18.1. The molecule has 0 amide bonds. The van der Waals surface area contributed by atoms with Gasteiger partial charge in [-0.15, -0.1) is 0 Å². The van der Waals surface area contributed by atoms with Crippen molar-refractivity contribution in [1.29, 1.82) is 0 Å². The van der Waals surface area contributed by atoms with Crippen molar-refractivity contribution in [3.8, 4) is 0 Å². The van der Waals surface area contributed by atoms with E-state index in [0.717, 1.165) is 19.3 Å². The average molecular weight is 307 g/mol. The van der Waals surface area contributed by atoms with E-state index in [0.29, 0.717) is 22.9 Å². The van der Waals surface area contributed by atoms with Gasteiger partial charge in [0.15, 0.2) is 0 Å². The largest absolute Gasteiger partial charge is 0.756 e. The summed E-state index contributed by atoms with van der Waals surface area (Å²) in [4.78, 5) is 20.3. The summed E-state index contributed by atoms with van der Waals surface area (Å²) in [5.41, 5.74) is 0. The van der Waals surface area contributed by atoms with E-state index in [2.05, 4.69) is 13.8 Å². The van der Waals surface area contributed by atoms with Gasteiger partial charge in [0.1, 0.15) is 12.6 Å². The Morgan fingerprint density at radius 1 is 1.25 bits per heavy atom. The van der Waals surface area contributed by atoms with Crippen LogP contribution in [0.5, 0.6) is 0 Å². The van der Waals surface area contributed by atoms with Gasteiger partial charge in [0.2, 0.25) is 0 Å². The van der Waals surface area contributed by atoms with Gasteiger partial charge in [0.05, 0.1) is 21.1 Å². The molecule has 1 aliphatic carbocycles. The fraction of sp³-hybridized carbons (Fsp3) is 1.00. The number of phosphoric ester groups is 1. The van der Waals surface area contributed by atoms with Crippen LogP contribution in [-0.4, -0.2) is 43.2 Å². The van der Waals surface area contributed by atoms with E-state index in [1.807, 2.05) is 21.1 Å². The number of phosphoric acid groups is 1. The number of rotatable bonds is 6. The summed E-state index contributed by atoms with van der Waals surface area (Å²) in [5.74, 6) is 1.17. The van der Waals surface area contributed by atoms with Crippen molar-refractivity contribution in [2.24, 2.45) is 17.8 Å². The van der Waals surface area contributed by atoms with Crippen LogP contribution in [0.15, 0.2) is 0 Å². The molecule has 0 bridgehead atoms. The summed E-state index contributed by atoms with van der Waals surface area (Å²) >= 11 is 0. The first-order valence-electron chi connectivity index (χ1n) is 7.52. The van der Waals surface area contributed by atoms with Crippen LogP contribution in [-0.2, 0) is 9.09 Å². The molecule has 0 aromatic rings. The minimum absolute atomic E-state index is 0.204. The van der Waals surface area contributed by atoms with Crippen LogP contribution in [0, 0.1) is 17.8 Å². The molecule has 0 aromatic carbocycles. The lowest BCUT2D eigenvalue weighted by atomic mass is 9.71. The Kier molecular flexibility index (Phi) is 6.24. The van der Waals surface area contributed by atoms with Crippen LogP contribution in [0.3, 0.4) is 0 Å². The maximum absolute atomic E-state index is 11.2. The standard InChI is InChI=1S/C14H30NO4P/c1-11(2)12-8-6-7-9-13(12)14(10-15(3,4)5)19-20(16,17)18/h11-14H,6-10H2,1-5H3,(H-,16,17,18). The van der Waals surface area contributed by atoms with Gasteiger partial charge in [-0.25, -0.2) is 0 Å². The molecule has 4 atom stereocenters. The summed E-state index contributed by atoms with van der Waals surface area (Å²) in [5, 5.41) is 0. The molecule has 5 nitrogen and oxygen atoms in total. The van der Waals surface area contributed by atoms with Crippen molar-refractivity contribution >= 4 is 7.82 Å². The van der Waals surface area contributed by atoms with Crippen molar-refractivity contribution in [1.82, 2.24) is 0 Å². The van der Waals surface area contributed by atoms with Gasteiger partial charge >= 0.3 is 0 Å². The fourth-order valence-electron chi connectivity index (χ4n) is 3.44. The molecule has 1 rings (SSSR count). The summed E-state index contributed by atoms with van der Waals surface area (Å²) in [6.45, 7) is 4.95. The highest BCUT2D eigenvalue weighted by molar-refractivity contribution is 7.44. The molecule has 6 heteroatoms. The maximum Gasteiger partial charge on any atom is 0.265 e. The summed E-state index contributed by atoms with van der Waals surface area (Å²) in [7, 11) is 1.34. The monoisotopic (exact) mass is 307 g/mol. The predicted molar refractivity (Wildman–Crippen MR) is 77.9 cm³/mol. The molecule has 1 N–H and O–H groups in total. The van der Waals surface area contributed by atoms with Crippen LogP contribution < -0.4 is 4.89 Å². The molecule has 0 radical (unpaired) electrons. The molecule has 0 saturated heterocycles. The highest BCUT2D eigenvalue weighted by Crippen LogP contribution is 2.43. The van der Waals surface area contributed by atoms with E-state index in [1.165, 1.54) is 6.42 Å². The SMILES string of the molecule is CC(C)C1CCCCC1C(C[N+](C)(C)C)OP(=O)([O-])O. The lowest BCUT2D eigenvalue weighted by molar-refractivity contribution is -0.873. The zero-order valence-corrected chi connectivity index (χ0v) is 14.3. The van der Waals surface area contributed by atoms with E-state index in [9.17, 15) is 9.46 Å². The highest BCUT2D eigenvalue weighted by Gasteiger charge is 2.38. The summed E-state index contributed by atoms with van der Waals surface area (Å²) in [6, 6.07) is 0. The molecule has 0 aliphatic heterocycles.